The second-order valence-electron chi connectivity index (χ2n) is 5.89. The van der Waals surface area contributed by atoms with Crippen molar-refractivity contribution in [2.45, 2.75) is 17.1 Å². The maximum absolute atomic E-state index is 13.6. The summed E-state index contributed by atoms with van der Waals surface area (Å²) in [6.07, 6.45) is -3.72. The number of rotatable bonds is 8. The molecule has 0 saturated heterocycles. The Bertz CT molecular complexity index is 1040. The van der Waals surface area contributed by atoms with Crippen molar-refractivity contribution in [3.63, 3.8) is 0 Å². The van der Waals surface area contributed by atoms with Crippen LogP contribution in [0, 0.1) is 17.5 Å². The number of carbonyl (C=O) groups is 2. The molecule has 0 aliphatic heterocycles. The van der Waals surface area contributed by atoms with Gasteiger partial charge in [-0.1, -0.05) is 0 Å². The minimum Gasteiger partial charge on any atom is -0.459 e. The van der Waals surface area contributed by atoms with Crippen molar-refractivity contribution in [1.82, 2.24) is 0 Å². The molecule has 0 bridgehead atoms. The number of anilines is 1. The summed E-state index contributed by atoms with van der Waals surface area (Å²) in [4.78, 5) is 22.1. The monoisotopic (exact) mass is 448 g/mol. The zero-order chi connectivity index (χ0) is 22.6. The fraction of sp³-hybridized carbons (Fsp3) is 0.176. The summed E-state index contributed by atoms with van der Waals surface area (Å²) >= 11 is 0. The third-order valence-electron chi connectivity index (χ3n) is 3.68. The number of esters is 1. The van der Waals surface area contributed by atoms with Gasteiger partial charge in [0, 0.05) is 12.1 Å². The number of amides is 1. The Morgan fingerprint density at radius 1 is 1.07 bits per heavy atom. The van der Waals surface area contributed by atoms with Crippen LogP contribution >= 0.6 is 0 Å². The molecule has 2 atom stereocenters. The van der Waals surface area contributed by atoms with Crippen LogP contribution in [0.4, 0.5) is 18.9 Å². The number of nitrogens with two attached hydrogens (primary N) is 1. The van der Waals surface area contributed by atoms with Crippen molar-refractivity contribution >= 4 is 27.6 Å². The lowest BCUT2D eigenvalue weighted by Crippen LogP contribution is -2.41. The molecule has 2 rings (SSSR count). The van der Waals surface area contributed by atoms with E-state index in [0.29, 0.717) is 12.1 Å². The highest BCUT2D eigenvalue weighted by Crippen LogP contribution is 2.24. The largest absolute Gasteiger partial charge is 0.459 e. The first-order chi connectivity index (χ1) is 13.9. The third-order valence-corrected chi connectivity index (χ3v) is 5.05. The van der Waals surface area contributed by atoms with Gasteiger partial charge in [0.25, 0.3) is 10.0 Å². The van der Waals surface area contributed by atoms with Crippen LogP contribution in [0.5, 0.6) is 0 Å². The van der Waals surface area contributed by atoms with E-state index in [4.69, 9.17) is 5.73 Å². The first-order valence-electron chi connectivity index (χ1n) is 8.02. The molecule has 30 heavy (non-hydrogen) atoms. The molecule has 0 aliphatic rings. The second-order valence-corrected chi connectivity index (χ2v) is 7.57. The van der Waals surface area contributed by atoms with Gasteiger partial charge in [-0.15, -0.1) is 0 Å². The Morgan fingerprint density at radius 3 is 2.10 bits per heavy atom. The van der Waals surface area contributed by atoms with Crippen molar-refractivity contribution in [1.29, 1.82) is 0 Å². The molecule has 1 amide bonds. The van der Waals surface area contributed by atoms with Gasteiger partial charge in [0.05, 0.1) is 10.5 Å². The molecule has 0 fully saturated rings. The normalized spacial score (nSPS) is 13.4. The van der Waals surface area contributed by atoms with Crippen molar-refractivity contribution in [2.24, 2.45) is 5.73 Å². The van der Waals surface area contributed by atoms with Gasteiger partial charge in [0.1, 0.15) is 24.2 Å². The Labute approximate surface area is 167 Å². The van der Waals surface area contributed by atoms with Crippen LogP contribution in [-0.4, -0.2) is 49.3 Å². The van der Waals surface area contributed by atoms with Gasteiger partial charge in [-0.25, -0.2) is 26.4 Å². The molecule has 2 aromatic rings. The summed E-state index contributed by atoms with van der Waals surface area (Å²) in [6, 6.07) is 4.45. The van der Waals surface area contributed by atoms with Gasteiger partial charge in [-0.3, -0.25) is 9.52 Å². The van der Waals surface area contributed by atoms with Crippen molar-refractivity contribution in [3.8, 4) is 0 Å². The summed E-state index contributed by atoms with van der Waals surface area (Å²) in [5.74, 6) is -6.42. The van der Waals surface area contributed by atoms with Crippen molar-refractivity contribution in [3.05, 3.63) is 59.4 Å². The number of benzene rings is 2. The van der Waals surface area contributed by atoms with E-state index in [2.05, 4.69) is 4.74 Å². The fourth-order valence-electron chi connectivity index (χ4n) is 2.13. The zero-order valence-corrected chi connectivity index (χ0v) is 15.7. The van der Waals surface area contributed by atoms with E-state index in [9.17, 15) is 41.4 Å². The van der Waals surface area contributed by atoms with E-state index in [0.717, 1.165) is 24.3 Å². The number of halogens is 3. The maximum Gasteiger partial charge on any atom is 0.338 e. The lowest BCUT2D eigenvalue weighted by Gasteiger charge is -2.15. The zero-order valence-electron chi connectivity index (χ0n) is 14.9. The molecular formula is C17H15F3N2O7S. The van der Waals surface area contributed by atoms with Crippen LogP contribution in [0.25, 0.3) is 0 Å². The van der Waals surface area contributed by atoms with Crippen LogP contribution in [0.2, 0.25) is 0 Å². The number of ether oxygens (including phenoxy) is 1. The predicted octanol–water partition coefficient (Wildman–Crippen LogP) is 0.269. The Kier molecular flexibility index (Phi) is 7.02. The van der Waals surface area contributed by atoms with Gasteiger partial charge < -0.3 is 20.7 Å². The molecular weight excluding hydrogens is 433 g/mol. The third kappa shape index (κ3) is 5.46. The van der Waals surface area contributed by atoms with E-state index in [1.54, 1.807) is 4.72 Å². The summed E-state index contributed by atoms with van der Waals surface area (Å²) in [5.41, 5.74) is 3.52. The Hall–Kier alpha value is -3.16. The quantitative estimate of drug-likeness (QED) is 0.422. The van der Waals surface area contributed by atoms with Crippen molar-refractivity contribution < 1.29 is 46.1 Å². The lowest BCUT2D eigenvalue weighted by atomic mass is 10.2. The van der Waals surface area contributed by atoms with Gasteiger partial charge in [0.15, 0.2) is 17.7 Å². The van der Waals surface area contributed by atoms with E-state index in [1.165, 1.54) is 0 Å². The molecule has 0 radical (unpaired) electrons. The number of nitrogens with one attached hydrogen (secondary N) is 1. The minimum absolute atomic E-state index is 0.172. The highest BCUT2D eigenvalue weighted by molar-refractivity contribution is 7.92. The van der Waals surface area contributed by atoms with Crippen molar-refractivity contribution in [2.75, 3.05) is 11.3 Å². The number of hydrogen-bond donors (Lipinski definition) is 4. The first-order valence-corrected chi connectivity index (χ1v) is 9.50. The summed E-state index contributed by atoms with van der Waals surface area (Å²) in [7, 11) is -4.49. The molecule has 2 unspecified atom stereocenters. The molecule has 0 aromatic heterocycles. The van der Waals surface area contributed by atoms with E-state index in [-0.39, 0.29) is 5.56 Å². The van der Waals surface area contributed by atoms with Crippen LogP contribution in [-0.2, 0) is 19.6 Å². The summed E-state index contributed by atoms with van der Waals surface area (Å²) in [6.45, 7) is -0.770. The van der Waals surface area contributed by atoms with Gasteiger partial charge in [-0.2, -0.15) is 0 Å². The number of sulfonamides is 1. The topological polar surface area (TPSA) is 156 Å². The summed E-state index contributed by atoms with van der Waals surface area (Å²) in [5, 5.41) is 18.7. The fourth-order valence-corrected chi connectivity index (χ4v) is 3.20. The molecule has 0 heterocycles. The number of carbonyl (C=O) groups excluding carboxylic acids is 2. The second kappa shape index (κ2) is 9.11. The maximum atomic E-state index is 13.6. The van der Waals surface area contributed by atoms with Crippen LogP contribution < -0.4 is 10.5 Å². The lowest BCUT2D eigenvalue weighted by molar-refractivity contribution is -0.133. The Morgan fingerprint density at radius 2 is 1.60 bits per heavy atom. The van der Waals surface area contributed by atoms with Crippen LogP contribution in [0.1, 0.15) is 10.4 Å². The molecule has 0 saturated carbocycles. The van der Waals surface area contributed by atoms with E-state index in [1.807, 2.05) is 0 Å². The number of primary amides is 1. The van der Waals surface area contributed by atoms with Gasteiger partial charge in [0.2, 0.25) is 5.91 Å². The highest BCUT2D eigenvalue weighted by Gasteiger charge is 2.24. The van der Waals surface area contributed by atoms with Crippen LogP contribution in [0.15, 0.2) is 41.3 Å². The predicted molar refractivity (Wildman–Crippen MR) is 95.1 cm³/mol. The number of aliphatic hydroxyl groups excluding tert-OH is 2. The molecule has 0 spiro atoms. The molecule has 5 N–H and O–H groups in total. The standard InChI is InChI=1S/C17H15F3N2O7S/c18-9-5-11(19)14(12(20)6-9)22-30(27,28)10-3-1-8(2-4-10)17(26)29-7-13(23)15(24)16(21)25/h1-6,13,15,22-24H,7H2,(H2,21,25). The van der Waals surface area contributed by atoms with Crippen LogP contribution in [0.3, 0.4) is 0 Å². The molecule has 162 valence electrons. The number of hydrogen-bond acceptors (Lipinski definition) is 7. The first kappa shape index (κ1) is 23.1. The number of aliphatic hydroxyl groups is 2. The average Bonchev–Trinajstić information content (AvgIpc) is 2.68. The molecule has 13 heteroatoms. The van der Waals surface area contributed by atoms with E-state index < -0.39 is 68.7 Å². The average molecular weight is 448 g/mol. The minimum atomic E-state index is -4.49. The van der Waals surface area contributed by atoms with Gasteiger partial charge >= 0.3 is 5.97 Å². The summed E-state index contributed by atoms with van der Waals surface area (Å²) < 4.78 is 71.1. The van der Waals surface area contributed by atoms with Gasteiger partial charge in [-0.05, 0) is 24.3 Å². The van der Waals surface area contributed by atoms with E-state index >= 15 is 0 Å². The highest BCUT2D eigenvalue weighted by atomic mass is 32.2. The molecule has 2 aromatic carbocycles. The molecule has 9 nitrogen and oxygen atoms in total. The Balaban J connectivity index is 2.11. The molecule has 0 aliphatic carbocycles. The smallest absolute Gasteiger partial charge is 0.338 e. The SMILES string of the molecule is NC(=O)C(O)C(O)COC(=O)c1ccc(S(=O)(=O)Nc2c(F)cc(F)cc2F)cc1.